The van der Waals surface area contributed by atoms with Crippen LogP contribution in [0.2, 0.25) is 0 Å². The Balaban J connectivity index is 1.91. The smallest absolute Gasteiger partial charge is 0.0707 e. The summed E-state index contributed by atoms with van der Waals surface area (Å²) in [6.45, 7) is 8.23. The van der Waals surface area contributed by atoms with Crippen LogP contribution in [0.15, 0.2) is 0 Å². The third-order valence-corrected chi connectivity index (χ3v) is 2.64. The molecule has 0 aliphatic heterocycles. The number of aliphatic hydroxyl groups is 1. The fourth-order valence-corrected chi connectivity index (χ4v) is 1.55. The zero-order chi connectivity index (χ0) is 12.7. The summed E-state index contributed by atoms with van der Waals surface area (Å²) >= 11 is 0. The third kappa shape index (κ3) is 8.55. The van der Waals surface area contributed by atoms with Crippen molar-refractivity contribution >= 4 is 0 Å². The second kappa shape index (κ2) is 7.31. The predicted molar refractivity (Wildman–Crippen MR) is 68.2 cm³/mol. The largest absolute Gasteiger partial charge is 0.395 e. The quantitative estimate of drug-likeness (QED) is 0.602. The SMILES string of the molecule is CC(C)(C)OCCOCCC(CO)NC1CC1. The molecule has 1 unspecified atom stereocenters. The lowest BCUT2D eigenvalue weighted by Gasteiger charge is -2.20. The van der Waals surface area contributed by atoms with Gasteiger partial charge in [-0.25, -0.2) is 0 Å². The Morgan fingerprint density at radius 1 is 1.24 bits per heavy atom. The van der Waals surface area contributed by atoms with E-state index in [2.05, 4.69) is 5.32 Å². The van der Waals surface area contributed by atoms with Gasteiger partial charge in [0.2, 0.25) is 0 Å². The molecule has 1 aliphatic carbocycles. The highest BCUT2D eigenvalue weighted by molar-refractivity contribution is 4.84. The first-order valence-corrected chi connectivity index (χ1v) is 6.60. The van der Waals surface area contributed by atoms with E-state index in [0.717, 1.165) is 6.42 Å². The van der Waals surface area contributed by atoms with Crippen LogP contribution in [0, 0.1) is 0 Å². The molecule has 0 heterocycles. The van der Waals surface area contributed by atoms with E-state index in [1.165, 1.54) is 12.8 Å². The molecule has 0 aromatic carbocycles. The minimum Gasteiger partial charge on any atom is -0.395 e. The minimum atomic E-state index is -0.0927. The van der Waals surface area contributed by atoms with Crippen LogP contribution in [0.3, 0.4) is 0 Å². The fourth-order valence-electron chi connectivity index (χ4n) is 1.55. The molecular weight excluding hydrogens is 218 g/mol. The Bertz CT molecular complexity index is 199. The van der Waals surface area contributed by atoms with Crippen molar-refractivity contribution in [3.05, 3.63) is 0 Å². The van der Waals surface area contributed by atoms with Crippen molar-refractivity contribution in [1.82, 2.24) is 5.32 Å². The Kier molecular flexibility index (Phi) is 6.41. The van der Waals surface area contributed by atoms with Crippen LogP contribution in [-0.4, -0.2) is 49.2 Å². The highest BCUT2D eigenvalue weighted by atomic mass is 16.5. The van der Waals surface area contributed by atoms with Gasteiger partial charge in [-0.1, -0.05) is 0 Å². The highest BCUT2D eigenvalue weighted by Gasteiger charge is 2.23. The molecule has 102 valence electrons. The normalized spacial score (nSPS) is 18.4. The standard InChI is InChI=1S/C13H27NO3/c1-13(2,3)17-9-8-16-7-6-12(10-15)14-11-4-5-11/h11-12,14-15H,4-10H2,1-3H3. The molecule has 1 atom stereocenters. The van der Waals surface area contributed by atoms with Crippen molar-refractivity contribution in [1.29, 1.82) is 0 Å². The number of hydrogen-bond donors (Lipinski definition) is 2. The number of nitrogens with one attached hydrogen (secondary N) is 1. The average Bonchev–Trinajstić information content (AvgIpc) is 3.03. The third-order valence-electron chi connectivity index (χ3n) is 2.64. The Morgan fingerprint density at radius 3 is 2.47 bits per heavy atom. The molecule has 0 aromatic heterocycles. The van der Waals surface area contributed by atoms with Crippen molar-refractivity contribution < 1.29 is 14.6 Å². The molecular formula is C13H27NO3. The van der Waals surface area contributed by atoms with Crippen LogP contribution in [-0.2, 0) is 9.47 Å². The van der Waals surface area contributed by atoms with Gasteiger partial charge >= 0.3 is 0 Å². The molecule has 1 rings (SSSR count). The first-order valence-electron chi connectivity index (χ1n) is 6.60. The topological polar surface area (TPSA) is 50.7 Å². The lowest BCUT2D eigenvalue weighted by Crippen LogP contribution is -2.35. The number of hydrogen-bond acceptors (Lipinski definition) is 4. The van der Waals surface area contributed by atoms with Gasteiger partial charge in [-0.15, -0.1) is 0 Å². The summed E-state index contributed by atoms with van der Waals surface area (Å²) in [5.74, 6) is 0. The van der Waals surface area contributed by atoms with Gasteiger partial charge in [0.05, 0.1) is 25.4 Å². The van der Waals surface area contributed by atoms with Crippen LogP contribution >= 0.6 is 0 Å². The second-order valence-electron chi connectivity index (χ2n) is 5.68. The number of aliphatic hydroxyl groups excluding tert-OH is 1. The maximum atomic E-state index is 9.17. The molecule has 0 spiro atoms. The van der Waals surface area contributed by atoms with Crippen LogP contribution in [0.4, 0.5) is 0 Å². The van der Waals surface area contributed by atoms with E-state index in [9.17, 15) is 0 Å². The molecule has 1 fully saturated rings. The molecule has 1 aliphatic rings. The van der Waals surface area contributed by atoms with Crippen molar-refractivity contribution in [3.63, 3.8) is 0 Å². The van der Waals surface area contributed by atoms with Crippen molar-refractivity contribution in [2.45, 2.75) is 57.7 Å². The van der Waals surface area contributed by atoms with Crippen LogP contribution in [0.25, 0.3) is 0 Å². The summed E-state index contributed by atoms with van der Waals surface area (Å²) in [6, 6.07) is 0.822. The van der Waals surface area contributed by atoms with Gasteiger partial charge in [-0.2, -0.15) is 0 Å². The molecule has 4 heteroatoms. The second-order valence-corrected chi connectivity index (χ2v) is 5.68. The van der Waals surface area contributed by atoms with Gasteiger partial charge < -0.3 is 19.9 Å². The van der Waals surface area contributed by atoms with Gasteiger partial charge in [0, 0.05) is 18.7 Å². The molecule has 0 aromatic rings. The van der Waals surface area contributed by atoms with Gasteiger partial charge in [0.15, 0.2) is 0 Å². The first-order chi connectivity index (χ1) is 8.01. The number of rotatable bonds is 9. The van der Waals surface area contributed by atoms with Gasteiger partial charge in [-0.3, -0.25) is 0 Å². The van der Waals surface area contributed by atoms with Crippen molar-refractivity contribution in [2.24, 2.45) is 0 Å². The summed E-state index contributed by atoms with van der Waals surface area (Å²) < 4.78 is 11.0. The van der Waals surface area contributed by atoms with Gasteiger partial charge in [-0.05, 0) is 40.0 Å². The van der Waals surface area contributed by atoms with Crippen LogP contribution in [0.5, 0.6) is 0 Å². The molecule has 0 radical (unpaired) electrons. The first kappa shape index (κ1) is 14.9. The van der Waals surface area contributed by atoms with Crippen molar-refractivity contribution in [3.8, 4) is 0 Å². The summed E-state index contributed by atoms with van der Waals surface area (Å²) in [4.78, 5) is 0. The molecule has 2 N–H and O–H groups in total. The zero-order valence-corrected chi connectivity index (χ0v) is 11.4. The van der Waals surface area contributed by atoms with Crippen LogP contribution in [0.1, 0.15) is 40.0 Å². The lowest BCUT2D eigenvalue weighted by molar-refractivity contribution is -0.0360. The highest BCUT2D eigenvalue weighted by Crippen LogP contribution is 2.19. The Hall–Kier alpha value is -0.160. The van der Waals surface area contributed by atoms with E-state index in [0.29, 0.717) is 25.9 Å². The summed E-state index contributed by atoms with van der Waals surface area (Å²) in [5, 5.41) is 12.6. The van der Waals surface area contributed by atoms with E-state index in [1.54, 1.807) is 0 Å². The Labute approximate surface area is 105 Å². The molecule has 0 bridgehead atoms. The maximum absolute atomic E-state index is 9.17. The minimum absolute atomic E-state index is 0.0927. The molecule has 0 saturated heterocycles. The fraction of sp³-hybridized carbons (Fsp3) is 1.00. The predicted octanol–water partition coefficient (Wildman–Crippen LogP) is 1.32. The van der Waals surface area contributed by atoms with Crippen LogP contribution < -0.4 is 5.32 Å². The zero-order valence-electron chi connectivity index (χ0n) is 11.4. The monoisotopic (exact) mass is 245 g/mol. The van der Waals surface area contributed by atoms with Crippen molar-refractivity contribution in [2.75, 3.05) is 26.4 Å². The van der Waals surface area contributed by atoms with E-state index in [-0.39, 0.29) is 18.2 Å². The molecule has 0 amide bonds. The molecule has 17 heavy (non-hydrogen) atoms. The van der Waals surface area contributed by atoms with Gasteiger partial charge in [0.1, 0.15) is 0 Å². The average molecular weight is 245 g/mol. The van der Waals surface area contributed by atoms with E-state index < -0.39 is 0 Å². The number of ether oxygens (including phenoxy) is 2. The summed E-state index contributed by atoms with van der Waals surface area (Å²) in [6.07, 6.45) is 3.36. The van der Waals surface area contributed by atoms with E-state index in [4.69, 9.17) is 14.6 Å². The summed E-state index contributed by atoms with van der Waals surface area (Å²) in [7, 11) is 0. The Morgan fingerprint density at radius 2 is 1.94 bits per heavy atom. The van der Waals surface area contributed by atoms with Gasteiger partial charge in [0.25, 0.3) is 0 Å². The van der Waals surface area contributed by atoms with E-state index >= 15 is 0 Å². The van der Waals surface area contributed by atoms with E-state index in [1.807, 2.05) is 20.8 Å². The summed E-state index contributed by atoms with van der Waals surface area (Å²) in [5.41, 5.74) is -0.0927. The maximum Gasteiger partial charge on any atom is 0.0707 e. The molecule has 1 saturated carbocycles. The molecule has 4 nitrogen and oxygen atoms in total. The lowest BCUT2D eigenvalue weighted by atomic mass is 10.2.